The molecular formula is C7H5NOS. The van der Waals surface area contributed by atoms with Crippen molar-refractivity contribution in [1.82, 2.24) is 0 Å². The van der Waals surface area contributed by atoms with Gasteiger partial charge in [-0.05, 0) is 12.1 Å². The Morgan fingerprint density at radius 2 is 1.90 bits per heavy atom. The van der Waals surface area contributed by atoms with E-state index in [1.165, 1.54) is 0 Å². The van der Waals surface area contributed by atoms with E-state index < -0.39 is 10.8 Å². The molecule has 0 fully saturated rings. The number of nitrogens with zero attached hydrogens (tertiary/aromatic N) is 1. The lowest BCUT2D eigenvalue weighted by molar-refractivity contribution is 0.689. The smallest absolute Gasteiger partial charge is 0.171 e. The second kappa shape index (κ2) is 3.14. The third kappa shape index (κ3) is 1.42. The highest BCUT2D eigenvalue weighted by Gasteiger charge is 1.97. The third-order valence-electron chi connectivity index (χ3n) is 1.04. The molecule has 0 spiro atoms. The minimum atomic E-state index is -1.48. The lowest BCUT2D eigenvalue weighted by Gasteiger charge is -1.88. The lowest BCUT2D eigenvalue weighted by atomic mass is 10.4. The summed E-state index contributed by atoms with van der Waals surface area (Å²) >= 11 is 0. The maximum absolute atomic E-state index is 10.8. The number of hydrogen-bond acceptors (Lipinski definition) is 2. The molecule has 2 nitrogen and oxygen atoms in total. The van der Waals surface area contributed by atoms with Crippen molar-refractivity contribution in [3.63, 3.8) is 0 Å². The van der Waals surface area contributed by atoms with Crippen LogP contribution < -0.4 is 0 Å². The molecule has 1 aromatic rings. The van der Waals surface area contributed by atoms with Crippen LogP contribution in [0.1, 0.15) is 0 Å². The molecule has 0 aliphatic rings. The Bertz CT molecular complexity index is 275. The monoisotopic (exact) mass is 151 g/mol. The summed E-state index contributed by atoms with van der Waals surface area (Å²) in [4.78, 5) is 0.560. The molecule has 0 N–H and O–H groups in total. The Hall–Kier alpha value is -1.14. The fourth-order valence-electron chi connectivity index (χ4n) is 0.597. The van der Waals surface area contributed by atoms with Gasteiger partial charge in [0.1, 0.15) is 0 Å². The zero-order chi connectivity index (χ0) is 7.40. The van der Waals surface area contributed by atoms with Crippen LogP contribution in [-0.4, -0.2) is 4.21 Å². The van der Waals surface area contributed by atoms with Gasteiger partial charge in [0.25, 0.3) is 0 Å². The highest BCUT2D eigenvalue weighted by molar-refractivity contribution is 7.89. The van der Waals surface area contributed by atoms with Crippen LogP contribution in [0, 0.1) is 10.7 Å². The van der Waals surface area contributed by atoms with Gasteiger partial charge in [-0.2, -0.15) is 5.26 Å². The molecule has 0 aromatic heterocycles. The molecule has 50 valence electrons. The predicted octanol–water partition coefficient (Wildman–Crippen LogP) is 1.28. The van der Waals surface area contributed by atoms with Gasteiger partial charge < -0.3 is 0 Å². The van der Waals surface area contributed by atoms with E-state index >= 15 is 0 Å². The van der Waals surface area contributed by atoms with E-state index in [1.54, 1.807) is 29.7 Å². The first-order chi connectivity index (χ1) is 4.84. The van der Waals surface area contributed by atoms with Crippen molar-refractivity contribution in [1.29, 1.82) is 5.26 Å². The second-order valence-electron chi connectivity index (χ2n) is 1.67. The van der Waals surface area contributed by atoms with Crippen molar-refractivity contribution in [2.75, 3.05) is 0 Å². The van der Waals surface area contributed by atoms with Crippen LogP contribution in [-0.2, 0) is 10.8 Å². The van der Waals surface area contributed by atoms with E-state index in [0.717, 1.165) is 0 Å². The normalized spacial score (nSPS) is 11.9. The molecule has 3 heteroatoms. The van der Waals surface area contributed by atoms with E-state index in [9.17, 15) is 4.21 Å². The summed E-state index contributed by atoms with van der Waals surface area (Å²) in [5.74, 6) is 0. The fraction of sp³-hybridized carbons (Fsp3) is 0. The number of hydrogen-bond donors (Lipinski definition) is 0. The van der Waals surface area contributed by atoms with Crippen LogP contribution in [0.5, 0.6) is 0 Å². The number of rotatable bonds is 1. The first-order valence-electron chi connectivity index (χ1n) is 2.71. The molecular weight excluding hydrogens is 146 g/mol. The summed E-state index contributed by atoms with van der Waals surface area (Å²) in [5.41, 5.74) is 0. The quantitative estimate of drug-likeness (QED) is 0.567. The Labute approximate surface area is 61.6 Å². The highest BCUT2D eigenvalue weighted by atomic mass is 32.2. The van der Waals surface area contributed by atoms with Gasteiger partial charge in [-0.1, -0.05) is 18.2 Å². The van der Waals surface area contributed by atoms with Crippen molar-refractivity contribution >= 4 is 10.8 Å². The average Bonchev–Trinajstić information content (AvgIpc) is 2.05. The average molecular weight is 151 g/mol. The van der Waals surface area contributed by atoms with Crippen molar-refractivity contribution < 1.29 is 4.21 Å². The molecule has 1 aromatic carbocycles. The van der Waals surface area contributed by atoms with Gasteiger partial charge >= 0.3 is 0 Å². The van der Waals surface area contributed by atoms with E-state index in [1.807, 2.05) is 6.07 Å². The predicted molar refractivity (Wildman–Crippen MR) is 38.5 cm³/mol. The lowest BCUT2D eigenvalue weighted by Crippen LogP contribution is -1.83. The summed E-state index contributed by atoms with van der Waals surface area (Å²) < 4.78 is 10.8. The first-order valence-corrected chi connectivity index (χ1v) is 3.86. The van der Waals surface area contributed by atoms with Crippen LogP contribution in [0.4, 0.5) is 0 Å². The number of nitriles is 1. The van der Waals surface area contributed by atoms with Crippen LogP contribution in [0.25, 0.3) is 0 Å². The van der Waals surface area contributed by atoms with Gasteiger partial charge in [0.15, 0.2) is 16.2 Å². The molecule has 0 saturated carbocycles. The maximum Gasteiger partial charge on any atom is 0.171 e. The third-order valence-corrected chi connectivity index (χ3v) is 1.91. The zero-order valence-corrected chi connectivity index (χ0v) is 5.97. The molecule has 0 aliphatic carbocycles. The van der Waals surface area contributed by atoms with Gasteiger partial charge in [-0.3, -0.25) is 0 Å². The SMILES string of the molecule is N#CS(=O)c1ccccc1. The van der Waals surface area contributed by atoms with Gasteiger partial charge in [-0.25, -0.2) is 4.21 Å². The van der Waals surface area contributed by atoms with Crippen molar-refractivity contribution in [2.45, 2.75) is 4.90 Å². The molecule has 1 rings (SSSR count). The summed E-state index contributed by atoms with van der Waals surface area (Å²) in [6.45, 7) is 0. The van der Waals surface area contributed by atoms with Gasteiger partial charge in [0.2, 0.25) is 0 Å². The summed E-state index contributed by atoms with van der Waals surface area (Å²) in [5, 5.41) is 9.89. The Kier molecular flexibility index (Phi) is 2.19. The second-order valence-corrected chi connectivity index (χ2v) is 2.86. The summed E-state index contributed by atoms with van der Waals surface area (Å²) in [6.07, 6.45) is 0. The van der Waals surface area contributed by atoms with Gasteiger partial charge in [0, 0.05) is 0 Å². The fourth-order valence-corrected chi connectivity index (χ4v) is 1.11. The molecule has 0 amide bonds. The van der Waals surface area contributed by atoms with Crippen LogP contribution in [0.15, 0.2) is 35.2 Å². The van der Waals surface area contributed by atoms with E-state index in [0.29, 0.717) is 4.90 Å². The van der Waals surface area contributed by atoms with E-state index in [2.05, 4.69) is 0 Å². The molecule has 1 atom stereocenters. The van der Waals surface area contributed by atoms with Gasteiger partial charge in [-0.15, -0.1) is 0 Å². The molecule has 1 unspecified atom stereocenters. The van der Waals surface area contributed by atoms with Crippen LogP contribution in [0.2, 0.25) is 0 Å². The molecule has 0 heterocycles. The zero-order valence-electron chi connectivity index (χ0n) is 5.15. The van der Waals surface area contributed by atoms with Crippen molar-refractivity contribution in [3.05, 3.63) is 30.3 Å². The van der Waals surface area contributed by atoms with E-state index in [4.69, 9.17) is 5.26 Å². The Balaban J connectivity index is 2.99. The molecule has 0 saturated heterocycles. The first kappa shape index (κ1) is 6.97. The molecule has 0 radical (unpaired) electrons. The molecule has 10 heavy (non-hydrogen) atoms. The standard InChI is InChI=1S/C7H5NOS/c8-6-10(9)7-4-2-1-3-5-7/h1-5H. The summed E-state index contributed by atoms with van der Waals surface area (Å²) in [7, 11) is -1.48. The molecule has 0 aliphatic heterocycles. The Morgan fingerprint density at radius 3 is 2.40 bits per heavy atom. The maximum atomic E-state index is 10.8. The minimum absolute atomic E-state index is 0.560. The van der Waals surface area contributed by atoms with Crippen LogP contribution in [0.3, 0.4) is 0 Å². The minimum Gasteiger partial charge on any atom is -0.238 e. The van der Waals surface area contributed by atoms with Crippen molar-refractivity contribution in [2.24, 2.45) is 0 Å². The topological polar surface area (TPSA) is 40.9 Å². The Morgan fingerprint density at radius 1 is 1.30 bits per heavy atom. The van der Waals surface area contributed by atoms with E-state index in [-0.39, 0.29) is 0 Å². The number of benzene rings is 1. The largest absolute Gasteiger partial charge is 0.238 e. The van der Waals surface area contributed by atoms with Crippen molar-refractivity contribution in [3.8, 4) is 5.40 Å². The molecule has 0 bridgehead atoms. The van der Waals surface area contributed by atoms with Crippen LogP contribution >= 0.6 is 0 Å². The van der Waals surface area contributed by atoms with Gasteiger partial charge in [0.05, 0.1) is 4.90 Å². The summed E-state index contributed by atoms with van der Waals surface area (Å²) in [6, 6.07) is 8.66. The number of thiocyanates is 1. The highest BCUT2D eigenvalue weighted by Crippen LogP contribution is 2.02.